The molecule has 0 saturated carbocycles. The number of benzene rings is 3. The second kappa shape index (κ2) is 13.5. The van der Waals surface area contributed by atoms with E-state index in [9.17, 15) is 14.0 Å². The van der Waals surface area contributed by atoms with Gasteiger partial charge in [-0.25, -0.2) is 4.39 Å². The third kappa shape index (κ3) is 7.48. The van der Waals surface area contributed by atoms with E-state index in [2.05, 4.69) is 39.4 Å². The van der Waals surface area contributed by atoms with Gasteiger partial charge in [0.15, 0.2) is 5.11 Å². The van der Waals surface area contributed by atoms with E-state index in [1.54, 1.807) is 24.3 Å². The van der Waals surface area contributed by atoms with Crippen molar-refractivity contribution in [3.05, 3.63) is 95.3 Å². The summed E-state index contributed by atoms with van der Waals surface area (Å²) >= 11 is 11.7. The molecule has 0 radical (unpaired) electrons. The van der Waals surface area contributed by atoms with Gasteiger partial charge in [0, 0.05) is 50.0 Å². The van der Waals surface area contributed by atoms with Crippen molar-refractivity contribution in [3.8, 4) is 0 Å². The first-order valence-corrected chi connectivity index (χ1v) is 14.6. The first kappa shape index (κ1) is 29.1. The van der Waals surface area contributed by atoms with Crippen LogP contribution in [0.15, 0.2) is 78.9 Å². The Hall–Kier alpha value is -3.37. The van der Waals surface area contributed by atoms with E-state index in [-0.39, 0.29) is 18.2 Å². The van der Waals surface area contributed by atoms with Crippen LogP contribution in [0.3, 0.4) is 0 Å². The Kier molecular flexibility index (Phi) is 9.61. The largest absolute Gasteiger partial charge is 0.336 e. The van der Waals surface area contributed by atoms with Gasteiger partial charge in [-0.1, -0.05) is 41.9 Å². The quantitative estimate of drug-likeness (QED) is 0.333. The van der Waals surface area contributed by atoms with Crippen LogP contribution in [0.4, 0.5) is 15.8 Å². The van der Waals surface area contributed by atoms with Crippen molar-refractivity contribution in [2.45, 2.75) is 25.4 Å². The van der Waals surface area contributed by atoms with Crippen molar-refractivity contribution in [3.63, 3.8) is 0 Å². The SMILES string of the molecule is O=C(CC1C(=O)N(c2ccc(F)cc2)C(=S)N1CCCN1CCN(Cc2ccccc2)CC1)Nc1ccc(Cl)cc1. The van der Waals surface area contributed by atoms with Gasteiger partial charge in [0.25, 0.3) is 5.91 Å². The van der Waals surface area contributed by atoms with Crippen molar-refractivity contribution in [1.82, 2.24) is 14.7 Å². The molecule has 214 valence electrons. The second-order valence-corrected chi connectivity index (χ2v) is 11.2. The summed E-state index contributed by atoms with van der Waals surface area (Å²) in [6.07, 6.45) is 0.732. The standard InChI is InChI=1S/C31H33ClFN5O2S/c32-24-7-11-26(12-8-24)34-29(39)21-28-30(40)38(27-13-9-25(33)10-14-27)31(41)37(28)16-4-15-35-17-19-36(20-18-35)22-23-5-2-1-3-6-23/h1-3,5-14,28H,4,15-22H2,(H,34,39). The Morgan fingerprint density at radius 3 is 2.24 bits per heavy atom. The highest BCUT2D eigenvalue weighted by Gasteiger charge is 2.44. The highest BCUT2D eigenvalue weighted by molar-refractivity contribution is 7.80. The van der Waals surface area contributed by atoms with Crippen molar-refractivity contribution in [2.75, 3.05) is 49.5 Å². The number of anilines is 2. The topological polar surface area (TPSA) is 59.1 Å². The predicted molar refractivity (Wildman–Crippen MR) is 164 cm³/mol. The number of piperazine rings is 1. The summed E-state index contributed by atoms with van der Waals surface area (Å²) in [6, 6.07) is 22.2. The van der Waals surface area contributed by atoms with Crippen LogP contribution in [-0.2, 0) is 16.1 Å². The minimum atomic E-state index is -0.748. The van der Waals surface area contributed by atoms with Gasteiger partial charge in [0.1, 0.15) is 11.9 Å². The van der Waals surface area contributed by atoms with E-state index < -0.39 is 11.9 Å². The molecule has 0 aromatic heterocycles. The maximum atomic E-state index is 13.6. The van der Waals surface area contributed by atoms with Gasteiger partial charge in [0.2, 0.25) is 5.91 Å². The molecule has 1 unspecified atom stereocenters. The van der Waals surface area contributed by atoms with Crippen molar-refractivity contribution < 1.29 is 14.0 Å². The molecule has 1 atom stereocenters. The Morgan fingerprint density at radius 2 is 1.56 bits per heavy atom. The molecule has 10 heteroatoms. The van der Waals surface area contributed by atoms with Gasteiger partial charge >= 0.3 is 0 Å². The van der Waals surface area contributed by atoms with E-state index in [1.165, 1.54) is 34.7 Å². The molecule has 2 amide bonds. The number of carbonyl (C=O) groups excluding carboxylic acids is 2. The maximum absolute atomic E-state index is 13.6. The van der Waals surface area contributed by atoms with E-state index in [0.29, 0.717) is 28.1 Å². The van der Waals surface area contributed by atoms with Crippen LogP contribution >= 0.6 is 23.8 Å². The molecule has 0 spiro atoms. The van der Waals surface area contributed by atoms with Crippen LogP contribution in [0, 0.1) is 5.82 Å². The number of amides is 2. The monoisotopic (exact) mass is 593 g/mol. The molecule has 2 aliphatic heterocycles. The maximum Gasteiger partial charge on any atom is 0.256 e. The summed E-state index contributed by atoms with van der Waals surface area (Å²) in [6.45, 7) is 6.31. The lowest BCUT2D eigenvalue weighted by Crippen LogP contribution is -2.47. The van der Waals surface area contributed by atoms with Gasteiger partial charge in [-0.05, 0) is 79.3 Å². The van der Waals surface area contributed by atoms with E-state index in [4.69, 9.17) is 23.8 Å². The molecule has 3 aromatic carbocycles. The minimum Gasteiger partial charge on any atom is -0.336 e. The Labute approximate surface area is 250 Å². The van der Waals surface area contributed by atoms with Crippen LogP contribution < -0.4 is 10.2 Å². The van der Waals surface area contributed by atoms with Gasteiger partial charge in [0.05, 0.1) is 12.1 Å². The second-order valence-electron chi connectivity index (χ2n) is 10.4. The zero-order valence-corrected chi connectivity index (χ0v) is 24.3. The van der Waals surface area contributed by atoms with Crippen LogP contribution in [0.1, 0.15) is 18.4 Å². The summed E-state index contributed by atoms with van der Waals surface area (Å²) < 4.78 is 13.6. The number of nitrogens with zero attached hydrogens (tertiary/aromatic N) is 4. The van der Waals surface area contributed by atoms with E-state index >= 15 is 0 Å². The third-order valence-corrected chi connectivity index (χ3v) is 8.17. The molecule has 41 heavy (non-hydrogen) atoms. The number of halogens is 2. The van der Waals surface area contributed by atoms with Crippen LogP contribution in [0.2, 0.25) is 5.02 Å². The highest BCUT2D eigenvalue weighted by Crippen LogP contribution is 2.28. The smallest absolute Gasteiger partial charge is 0.256 e. The van der Waals surface area contributed by atoms with Crippen LogP contribution in [-0.4, -0.2) is 76.9 Å². The summed E-state index contributed by atoms with van der Waals surface area (Å²) in [5.74, 6) is -0.984. The minimum absolute atomic E-state index is 0.0581. The fraction of sp³-hybridized carbons (Fsp3) is 0.323. The number of rotatable bonds is 10. The molecular formula is C31H33ClFN5O2S. The van der Waals surface area contributed by atoms with Crippen molar-refractivity contribution in [1.29, 1.82) is 0 Å². The predicted octanol–water partition coefficient (Wildman–Crippen LogP) is 5.02. The summed E-state index contributed by atoms with van der Waals surface area (Å²) in [5.41, 5.74) is 2.41. The number of nitrogens with one attached hydrogen (secondary N) is 1. The number of hydrogen-bond donors (Lipinski definition) is 1. The molecule has 1 N–H and O–H groups in total. The lowest BCUT2D eigenvalue weighted by Gasteiger charge is -2.35. The third-order valence-electron chi connectivity index (χ3n) is 7.50. The average Bonchev–Trinajstić information content (AvgIpc) is 3.20. The molecule has 2 fully saturated rings. The molecule has 7 nitrogen and oxygen atoms in total. The Bertz CT molecular complexity index is 1350. The molecule has 5 rings (SSSR count). The highest BCUT2D eigenvalue weighted by atomic mass is 35.5. The van der Waals surface area contributed by atoms with E-state index in [1.807, 2.05) is 11.0 Å². The fourth-order valence-electron chi connectivity index (χ4n) is 5.31. The molecule has 3 aromatic rings. The molecule has 2 aliphatic rings. The Morgan fingerprint density at radius 1 is 0.902 bits per heavy atom. The van der Waals surface area contributed by atoms with Crippen molar-refractivity contribution >= 4 is 52.1 Å². The molecular weight excluding hydrogens is 561 g/mol. The number of thiocarbonyl (C=S) groups is 1. The van der Waals surface area contributed by atoms with Gasteiger partial charge in [-0.15, -0.1) is 0 Å². The van der Waals surface area contributed by atoms with Crippen LogP contribution in [0.5, 0.6) is 0 Å². The van der Waals surface area contributed by atoms with Crippen LogP contribution in [0.25, 0.3) is 0 Å². The first-order chi connectivity index (χ1) is 19.9. The molecule has 2 saturated heterocycles. The molecule has 0 aliphatic carbocycles. The Balaban J connectivity index is 1.20. The summed E-state index contributed by atoms with van der Waals surface area (Å²) in [7, 11) is 0. The fourth-order valence-corrected chi connectivity index (χ4v) is 5.85. The molecule has 0 bridgehead atoms. The number of hydrogen-bond acceptors (Lipinski definition) is 5. The number of carbonyl (C=O) groups is 2. The zero-order valence-electron chi connectivity index (χ0n) is 22.7. The normalized spacial score (nSPS) is 18.2. The van der Waals surface area contributed by atoms with Gasteiger partial charge in [-0.2, -0.15) is 0 Å². The summed E-state index contributed by atoms with van der Waals surface area (Å²) in [4.78, 5) is 34.7. The van der Waals surface area contributed by atoms with Gasteiger partial charge in [-0.3, -0.25) is 19.4 Å². The first-order valence-electron chi connectivity index (χ1n) is 13.8. The lowest BCUT2D eigenvalue weighted by atomic mass is 10.1. The van der Waals surface area contributed by atoms with E-state index in [0.717, 1.165) is 45.7 Å². The lowest BCUT2D eigenvalue weighted by molar-refractivity contribution is -0.124. The van der Waals surface area contributed by atoms with Gasteiger partial charge < -0.3 is 15.1 Å². The molecule has 2 heterocycles. The summed E-state index contributed by atoms with van der Waals surface area (Å²) in [5, 5.41) is 3.74. The zero-order chi connectivity index (χ0) is 28.8. The average molecular weight is 594 g/mol. The van der Waals surface area contributed by atoms with Crippen molar-refractivity contribution in [2.24, 2.45) is 0 Å².